The van der Waals surface area contributed by atoms with Gasteiger partial charge in [-0.15, -0.1) is 0 Å². The van der Waals surface area contributed by atoms with E-state index in [9.17, 15) is 14.4 Å². The zero-order valence-corrected chi connectivity index (χ0v) is 16.2. The van der Waals surface area contributed by atoms with E-state index in [0.717, 1.165) is 24.4 Å². The van der Waals surface area contributed by atoms with Gasteiger partial charge in [-0.25, -0.2) is 14.0 Å². The van der Waals surface area contributed by atoms with E-state index in [0.29, 0.717) is 31.1 Å². The minimum atomic E-state index is -0.278. The fourth-order valence-electron chi connectivity index (χ4n) is 3.83. The smallest absolute Gasteiger partial charge is 0.337 e. The molecule has 3 aromatic rings. The van der Waals surface area contributed by atoms with E-state index in [1.54, 1.807) is 28.6 Å². The Morgan fingerprint density at radius 3 is 2.48 bits per heavy atom. The number of aryl methyl sites for hydroxylation is 1. The summed E-state index contributed by atoms with van der Waals surface area (Å²) in [6, 6.07) is 14.1. The maximum Gasteiger partial charge on any atom is 0.350 e. The molecule has 8 nitrogen and oxygen atoms in total. The van der Waals surface area contributed by atoms with Gasteiger partial charge in [0.2, 0.25) is 5.56 Å². The van der Waals surface area contributed by atoms with E-state index in [1.807, 2.05) is 30.3 Å². The molecule has 0 radical (unpaired) electrons. The number of benzene rings is 1. The van der Waals surface area contributed by atoms with Gasteiger partial charge in [-0.2, -0.15) is 5.10 Å². The maximum absolute atomic E-state index is 12.6. The molecule has 1 amide bonds. The Morgan fingerprint density at radius 1 is 1.07 bits per heavy atom. The average Bonchev–Trinajstić information content (AvgIpc) is 3.02. The molecule has 0 bridgehead atoms. The number of rotatable bonds is 4. The van der Waals surface area contributed by atoms with Gasteiger partial charge in [-0.1, -0.05) is 24.3 Å². The molecule has 29 heavy (non-hydrogen) atoms. The second-order valence-electron chi connectivity index (χ2n) is 7.36. The first-order valence-corrected chi connectivity index (χ1v) is 9.72. The van der Waals surface area contributed by atoms with Crippen LogP contribution in [0.5, 0.6) is 0 Å². The molecule has 3 heterocycles. The van der Waals surface area contributed by atoms with Crippen molar-refractivity contribution in [3.8, 4) is 5.69 Å². The molecular formula is C21H23N5O3. The predicted octanol–water partition coefficient (Wildman–Crippen LogP) is 1.35. The number of carbonyl (C=O) groups excluding carboxylic acids is 1. The Kier molecular flexibility index (Phi) is 5.16. The molecule has 0 atom stereocenters. The van der Waals surface area contributed by atoms with Gasteiger partial charge < -0.3 is 9.88 Å². The van der Waals surface area contributed by atoms with Gasteiger partial charge in [0.1, 0.15) is 11.5 Å². The summed E-state index contributed by atoms with van der Waals surface area (Å²) in [5.74, 6) is 0.916. The number of para-hydroxylation sites is 1. The molecule has 4 rings (SSSR count). The molecule has 0 saturated carbocycles. The van der Waals surface area contributed by atoms with E-state index in [2.05, 4.69) is 10.1 Å². The third-order valence-corrected chi connectivity index (χ3v) is 5.38. The topological polar surface area (TPSA) is 93.0 Å². The van der Waals surface area contributed by atoms with Crippen molar-refractivity contribution in [1.82, 2.24) is 24.2 Å². The molecule has 2 aromatic heterocycles. The van der Waals surface area contributed by atoms with E-state index >= 15 is 0 Å². The number of hydrogen-bond acceptors (Lipinski definition) is 4. The number of nitrogens with zero attached hydrogens (tertiary/aromatic N) is 4. The number of carbonyl (C=O) groups is 1. The van der Waals surface area contributed by atoms with Crippen molar-refractivity contribution in [3.05, 3.63) is 80.9 Å². The van der Waals surface area contributed by atoms with Gasteiger partial charge in [-0.05, 0) is 37.0 Å². The molecule has 8 heteroatoms. The second kappa shape index (κ2) is 7.90. The van der Waals surface area contributed by atoms with Gasteiger partial charge in [0, 0.05) is 32.6 Å². The number of pyridine rings is 1. The van der Waals surface area contributed by atoms with E-state index in [4.69, 9.17) is 0 Å². The Labute approximate surface area is 167 Å². The molecule has 0 aliphatic carbocycles. The first-order chi connectivity index (χ1) is 14.0. The highest BCUT2D eigenvalue weighted by molar-refractivity contribution is 5.92. The summed E-state index contributed by atoms with van der Waals surface area (Å²) >= 11 is 0. The average molecular weight is 393 g/mol. The largest absolute Gasteiger partial charge is 0.350 e. The molecule has 1 aliphatic rings. The van der Waals surface area contributed by atoms with Crippen LogP contribution in [0, 0.1) is 5.92 Å². The predicted molar refractivity (Wildman–Crippen MR) is 108 cm³/mol. The van der Waals surface area contributed by atoms with Crippen molar-refractivity contribution in [2.45, 2.75) is 19.3 Å². The standard InChI is InChI=1S/C21H23N5O3/c1-24-21(29)26(16-6-3-2-4-7-16)18(23-24)14-15-10-12-25(13-11-15)20(28)17-8-5-9-19(27)22-17/h2-9,15H,10-14H2,1H3,(H,22,27). The van der Waals surface area contributed by atoms with Crippen LogP contribution in [0.1, 0.15) is 29.2 Å². The molecule has 150 valence electrons. The highest BCUT2D eigenvalue weighted by Gasteiger charge is 2.26. The lowest BCUT2D eigenvalue weighted by Gasteiger charge is -2.31. The van der Waals surface area contributed by atoms with Crippen molar-refractivity contribution < 1.29 is 4.79 Å². The number of aromatic amines is 1. The zero-order valence-electron chi connectivity index (χ0n) is 16.2. The molecule has 1 N–H and O–H groups in total. The van der Waals surface area contributed by atoms with Crippen molar-refractivity contribution in [1.29, 1.82) is 0 Å². The summed E-state index contributed by atoms with van der Waals surface area (Å²) in [4.78, 5) is 40.9. The monoisotopic (exact) mass is 393 g/mol. The third kappa shape index (κ3) is 3.91. The molecule has 1 saturated heterocycles. The van der Waals surface area contributed by atoms with Crippen LogP contribution in [-0.2, 0) is 13.5 Å². The van der Waals surface area contributed by atoms with Crippen LogP contribution in [0.4, 0.5) is 0 Å². The zero-order chi connectivity index (χ0) is 20.4. The summed E-state index contributed by atoms with van der Waals surface area (Å²) in [7, 11) is 1.66. The first-order valence-electron chi connectivity index (χ1n) is 9.72. The van der Waals surface area contributed by atoms with E-state index in [1.165, 1.54) is 10.7 Å². The number of piperidine rings is 1. The molecule has 1 aliphatic heterocycles. The summed E-state index contributed by atoms with van der Waals surface area (Å²) in [5.41, 5.74) is 0.687. The Bertz CT molecular complexity index is 1120. The first kappa shape index (κ1) is 18.9. The lowest BCUT2D eigenvalue weighted by molar-refractivity contribution is 0.0683. The molecule has 0 spiro atoms. The molecule has 0 unspecified atom stereocenters. The SMILES string of the molecule is Cn1nc(CC2CCN(C(=O)c3cccc(=O)[nH]3)CC2)n(-c2ccccc2)c1=O. The molecule has 1 aromatic carbocycles. The Balaban J connectivity index is 1.46. The summed E-state index contributed by atoms with van der Waals surface area (Å²) in [6.07, 6.45) is 2.32. The van der Waals surface area contributed by atoms with Gasteiger partial charge in [0.05, 0.1) is 5.69 Å². The number of likely N-dealkylation sites (tertiary alicyclic amines) is 1. The van der Waals surface area contributed by atoms with Gasteiger partial charge in [0.25, 0.3) is 5.91 Å². The highest BCUT2D eigenvalue weighted by Crippen LogP contribution is 2.22. The van der Waals surface area contributed by atoms with E-state index in [-0.39, 0.29) is 17.2 Å². The van der Waals surface area contributed by atoms with Crippen LogP contribution in [0.25, 0.3) is 5.69 Å². The number of H-pyrrole nitrogens is 1. The lowest BCUT2D eigenvalue weighted by Crippen LogP contribution is -2.39. The quantitative estimate of drug-likeness (QED) is 0.724. The Morgan fingerprint density at radius 2 is 1.79 bits per heavy atom. The van der Waals surface area contributed by atoms with Crippen molar-refractivity contribution in [2.24, 2.45) is 13.0 Å². The summed E-state index contributed by atoms with van der Waals surface area (Å²) < 4.78 is 3.03. The van der Waals surface area contributed by atoms with Gasteiger partial charge in [0.15, 0.2) is 0 Å². The number of hydrogen-bond donors (Lipinski definition) is 1. The van der Waals surface area contributed by atoms with Crippen molar-refractivity contribution in [2.75, 3.05) is 13.1 Å². The van der Waals surface area contributed by atoms with Crippen LogP contribution in [-0.4, -0.2) is 43.2 Å². The minimum Gasteiger partial charge on any atom is -0.337 e. The molecular weight excluding hydrogens is 370 g/mol. The fraction of sp³-hybridized carbons (Fsp3) is 0.333. The second-order valence-corrected chi connectivity index (χ2v) is 7.36. The fourth-order valence-corrected chi connectivity index (χ4v) is 3.83. The Hall–Kier alpha value is -3.42. The molecule has 1 fully saturated rings. The number of aromatic nitrogens is 4. The van der Waals surface area contributed by atoms with Gasteiger partial charge >= 0.3 is 5.69 Å². The van der Waals surface area contributed by atoms with Crippen LogP contribution >= 0.6 is 0 Å². The van der Waals surface area contributed by atoms with Crippen LogP contribution in [0.2, 0.25) is 0 Å². The number of nitrogens with one attached hydrogen (secondary N) is 1. The van der Waals surface area contributed by atoms with Crippen molar-refractivity contribution >= 4 is 5.91 Å². The lowest BCUT2D eigenvalue weighted by atomic mass is 9.93. The maximum atomic E-state index is 12.6. The summed E-state index contributed by atoms with van der Waals surface area (Å²) in [6.45, 7) is 1.23. The van der Waals surface area contributed by atoms with Crippen LogP contribution < -0.4 is 11.2 Å². The van der Waals surface area contributed by atoms with Crippen molar-refractivity contribution in [3.63, 3.8) is 0 Å². The van der Waals surface area contributed by atoms with Gasteiger partial charge in [-0.3, -0.25) is 9.59 Å². The van der Waals surface area contributed by atoms with E-state index < -0.39 is 0 Å². The highest BCUT2D eigenvalue weighted by atomic mass is 16.2. The third-order valence-electron chi connectivity index (χ3n) is 5.38. The normalized spacial score (nSPS) is 14.9. The van der Waals surface area contributed by atoms with Crippen LogP contribution in [0.3, 0.4) is 0 Å². The number of amides is 1. The summed E-state index contributed by atoms with van der Waals surface area (Å²) in [5, 5.41) is 4.44. The minimum absolute atomic E-state index is 0.153. The van der Waals surface area contributed by atoms with Crippen LogP contribution in [0.15, 0.2) is 58.1 Å².